The highest BCUT2D eigenvalue weighted by molar-refractivity contribution is 7.89. The molecule has 1 atom stereocenters. The number of Topliss-reactive ketones (excluding diaryl/α,β-unsaturated/α-hetero) is 1. The minimum absolute atomic E-state index is 0.143. The summed E-state index contributed by atoms with van der Waals surface area (Å²) >= 11 is 0. The molecule has 4 rings (SSSR count). The summed E-state index contributed by atoms with van der Waals surface area (Å²) in [7, 11) is -0.670. The predicted octanol–water partition coefficient (Wildman–Crippen LogP) is 3.12. The topological polar surface area (TPSA) is 94.2 Å². The Bertz CT molecular complexity index is 1100. The lowest BCUT2D eigenvalue weighted by molar-refractivity contribution is 0.0967. The first-order valence-electron chi connectivity index (χ1n) is 11.6. The van der Waals surface area contributed by atoms with Crippen molar-refractivity contribution in [3.63, 3.8) is 0 Å². The van der Waals surface area contributed by atoms with E-state index in [1.54, 1.807) is 6.07 Å². The standard InChI is InChI=1S/C25H32N2O6S/c1-31-23-11-10-22(16-24(23)32-2)34(29,30)26-20-12-14-27(17-20)13-3-15-33-21-8-6-19(7-9-21)25(28)18-4-5-18/h6-11,16,18,20,26H,3-5,12-15,17H2,1-2H3/t20-/m1/s1. The lowest BCUT2D eigenvalue weighted by atomic mass is 10.1. The summed E-state index contributed by atoms with van der Waals surface area (Å²) in [5, 5.41) is 0. The Balaban J connectivity index is 1.20. The second kappa shape index (κ2) is 10.8. The Morgan fingerprint density at radius 3 is 2.44 bits per heavy atom. The van der Waals surface area contributed by atoms with Crippen LogP contribution in [0.4, 0.5) is 0 Å². The molecule has 9 heteroatoms. The maximum absolute atomic E-state index is 12.8. The highest BCUT2D eigenvalue weighted by Gasteiger charge is 2.30. The maximum Gasteiger partial charge on any atom is 0.241 e. The van der Waals surface area contributed by atoms with Gasteiger partial charge in [-0.15, -0.1) is 0 Å². The number of hydrogen-bond donors (Lipinski definition) is 1. The summed E-state index contributed by atoms with van der Waals surface area (Å²) in [5.74, 6) is 2.08. The van der Waals surface area contributed by atoms with Gasteiger partial charge >= 0.3 is 0 Å². The van der Waals surface area contributed by atoms with Gasteiger partial charge in [0.15, 0.2) is 17.3 Å². The molecule has 0 amide bonds. The summed E-state index contributed by atoms with van der Waals surface area (Å²) < 4.78 is 44.7. The quantitative estimate of drug-likeness (QED) is 0.362. The van der Waals surface area contributed by atoms with Crippen LogP contribution in [-0.2, 0) is 10.0 Å². The Kier molecular flexibility index (Phi) is 7.75. The third-order valence-corrected chi connectivity index (χ3v) is 7.75. The molecule has 1 heterocycles. The average molecular weight is 489 g/mol. The zero-order valence-corrected chi connectivity index (χ0v) is 20.5. The molecule has 1 N–H and O–H groups in total. The maximum atomic E-state index is 12.8. The Labute approximate surface area is 201 Å². The molecule has 184 valence electrons. The van der Waals surface area contributed by atoms with Gasteiger partial charge in [0, 0.05) is 36.7 Å². The van der Waals surface area contributed by atoms with Gasteiger partial charge in [-0.3, -0.25) is 4.79 Å². The molecule has 2 aromatic carbocycles. The number of benzene rings is 2. The minimum Gasteiger partial charge on any atom is -0.494 e. The monoisotopic (exact) mass is 488 g/mol. The van der Waals surface area contributed by atoms with Crippen molar-refractivity contribution in [1.82, 2.24) is 9.62 Å². The Morgan fingerprint density at radius 1 is 1.03 bits per heavy atom. The van der Waals surface area contributed by atoms with Crippen LogP contribution < -0.4 is 18.9 Å². The van der Waals surface area contributed by atoms with E-state index in [4.69, 9.17) is 14.2 Å². The van der Waals surface area contributed by atoms with Crippen LogP contribution >= 0.6 is 0 Å². The van der Waals surface area contributed by atoms with E-state index in [0.717, 1.165) is 50.1 Å². The molecule has 0 radical (unpaired) electrons. The molecular weight excluding hydrogens is 456 g/mol. The van der Waals surface area contributed by atoms with E-state index in [2.05, 4.69) is 9.62 Å². The molecule has 1 saturated heterocycles. The molecule has 1 aliphatic heterocycles. The largest absolute Gasteiger partial charge is 0.494 e. The number of nitrogens with zero attached hydrogens (tertiary/aromatic N) is 1. The van der Waals surface area contributed by atoms with Crippen molar-refractivity contribution in [2.45, 2.75) is 36.6 Å². The molecule has 0 aromatic heterocycles. The van der Waals surface area contributed by atoms with Crippen LogP contribution in [0, 0.1) is 5.92 Å². The molecule has 2 fully saturated rings. The Hall–Kier alpha value is -2.62. The van der Waals surface area contributed by atoms with Crippen molar-refractivity contribution < 1.29 is 27.4 Å². The predicted molar refractivity (Wildman–Crippen MR) is 128 cm³/mol. The fourth-order valence-corrected chi connectivity index (χ4v) is 5.45. The summed E-state index contributed by atoms with van der Waals surface area (Å²) in [5.41, 5.74) is 0.758. The van der Waals surface area contributed by atoms with Gasteiger partial charge in [0.05, 0.1) is 25.7 Å². The van der Waals surface area contributed by atoms with Gasteiger partial charge in [0.1, 0.15) is 5.75 Å². The summed E-state index contributed by atoms with van der Waals surface area (Å²) in [6.07, 6.45) is 3.60. The molecular formula is C25H32N2O6S. The molecule has 0 unspecified atom stereocenters. The van der Waals surface area contributed by atoms with E-state index in [0.29, 0.717) is 24.7 Å². The van der Waals surface area contributed by atoms with E-state index < -0.39 is 10.0 Å². The van der Waals surface area contributed by atoms with Crippen molar-refractivity contribution in [3.8, 4) is 17.2 Å². The van der Waals surface area contributed by atoms with Gasteiger partial charge in [0.2, 0.25) is 10.0 Å². The SMILES string of the molecule is COc1ccc(S(=O)(=O)N[C@@H]2CCN(CCCOc3ccc(C(=O)C4CC4)cc3)C2)cc1OC. The molecule has 1 aliphatic carbocycles. The van der Waals surface area contributed by atoms with Crippen LogP contribution in [0.5, 0.6) is 17.2 Å². The van der Waals surface area contributed by atoms with E-state index in [9.17, 15) is 13.2 Å². The first-order chi connectivity index (χ1) is 16.4. The van der Waals surface area contributed by atoms with Crippen LogP contribution in [0.25, 0.3) is 0 Å². The first-order valence-corrected chi connectivity index (χ1v) is 13.1. The van der Waals surface area contributed by atoms with Crippen molar-refractivity contribution >= 4 is 15.8 Å². The highest BCUT2D eigenvalue weighted by atomic mass is 32.2. The number of carbonyl (C=O) groups excluding carboxylic acids is 1. The summed E-state index contributed by atoms with van der Waals surface area (Å²) in [6, 6.07) is 11.8. The van der Waals surface area contributed by atoms with Gasteiger partial charge in [-0.25, -0.2) is 13.1 Å². The summed E-state index contributed by atoms with van der Waals surface area (Å²) in [4.78, 5) is 14.5. The van der Waals surface area contributed by atoms with Crippen LogP contribution in [0.1, 0.15) is 36.0 Å². The fraction of sp³-hybridized carbons (Fsp3) is 0.480. The first kappa shape index (κ1) is 24.5. The van der Waals surface area contributed by atoms with E-state index >= 15 is 0 Å². The average Bonchev–Trinajstić information content (AvgIpc) is 3.61. The van der Waals surface area contributed by atoms with Gasteiger partial charge in [0.25, 0.3) is 0 Å². The second-order valence-electron chi connectivity index (χ2n) is 8.79. The molecule has 2 aliphatic rings. The lowest BCUT2D eigenvalue weighted by Gasteiger charge is -2.17. The normalized spacial score (nSPS) is 18.6. The number of ether oxygens (including phenoxy) is 3. The zero-order valence-electron chi connectivity index (χ0n) is 19.7. The molecule has 2 aromatic rings. The van der Waals surface area contributed by atoms with Crippen molar-refractivity contribution in [2.24, 2.45) is 5.92 Å². The van der Waals surface area contributed by atoms with Gasteiger partial charge < -0.3 is 19.1 Å². The molecule has 0 bridgehead atoms. The van der Waals surface area contributed by atoms with E-state index in [1.807, 2.05) is 24.3 Å². The number of rotatable bonds is 12. The van der Waals surface area contributed by atoms with Gasteiger partial charge in [-0.1, -0.05) is 0 Å². The molecule has 34 heavy (non-hydrogen) atoms. The van der Waals surface area contributed by atoms with E-state index in [1.165, 1.54) is 26.4 Å². The third-order valence-electron chi connectivity index (χ3n) is 6.23. The number of ketones is 1. The minimum atomic E-state index is -3.66. The van der Waals surface area contributed by atoms with Crippen molar-refractivity contribution in [1.29, 1.82) is 0 Å². The van der Waals surface area contributed by atoms with Crippen LogP contribution in [-0.4, -0.2) is 65.6 Å². The highest BCUT2D eigenvalue weighted by Crippen LogP contribution is 2.33. The molecule has 1 saturated carbocycles. The number of likely N-dealkylation sites (tertiary alicyclic amines) is 1. The van der Waals surface area contributed by atoms with Gasteiger partial charge in [-0.05, 0) is 68.6 Å². The zero-order chi connectivity index (χ0) is 24.1. The summed E-state index contributed by atoms with van der Waals surface area (Å²) in [6.45, 7) is 2.88. The number of hydrogen-bond acceptors (Lipinski definition) is 7. The van der Waals surface area contributed by atoms with E-state index in [-0.39, 0.29) is 22.6 Å². The molecule has 8 nitrogen and oxygen atoms in total. The van der Waals surface area contributed by atoms with Crippen LogP contribution in [0.15, 0.2) is 47.4 Å². The number of nitrogens with one attached hydrogen (secondary N) is 1. The lowest BCUT2D eigenvalue weighted by Crippen LogP contribution is -2.37. The number of carbonyl (C=O) groups is 1. The van der Waals surface area contributed by atoms with Gasteiger partial charge in [-0.2, -0.15) is 0 Å². The number of sulfonamides is 1. The van der Waals surface area contributed by atoms with Crippen molar-refractivity contribution in [3.05, 3.63) is 48.0 Å². The van der Waals surface area contributed by atoms with Crippen LogP contribution in [0.3, 0.4) is 0 Å². The molecule has 0 spiro atoms. The smallest absolute Gasteiger partial charge is 0.241 e. The third kappa shape index (κ3) is 6.08. The van der Waals surface area contributed by atoms with Crippen molar-refractivity contribution in [2.75, 3.05) is 40.5 Å². The number of methoxy groups -OCH3 is 2. The van der Waals surface area contributed by atoms with Crippen LogP contribution in [0.2, 0.25) is 0 Å². The second-order valence-corrected chi connectivity index (χ2v) is 10.5. The Morgan fingerprint density at radius 2 is 1.76 bits per heavy atom. The fourth-order valence-electron chi connectivity index (χ4n) is 4.18.